The molecule has 0 bridgehead atoms. The molecule has 1 amide bonds. The molecule has 0 saturated carbocycles. The van der Waals surface area contributed by atoms with Crippen molar-refractivity contribution in [1.82, 2.24) is 5.32 Å². The van der Waals surface area contributed by atoms with Crippen molar-refractivity contribution in [2.75, 3.05) is 6.54 Å². The van der Waals surface area contributed by atoms with Gasteiger partial charge in [0, 0.05) is 17.5 Å². The van der Waals surface area contributed by atoms with Gasteiger partial charge in [-0.25, -0.2) is 0 Å². The standard InChI is InChI=1S/C11H10ClNO3/c12-7-3-1-2-6(4-7)8-5-13-10(14)9(8)11(15)16/h1-4,8-9H,5H2,(H,13,14)(H,15,16). The Bertz CT molecular complexity index is 447. The summed E-state index contributed by atoms with van der Waals surface area (Å²) in [7, 11) is 0. The molecule has 1 aliphatic rings. The third-order valence-corrected chi connectivity index (χ3v) is 2.96. The number of benzene rings is 1. The predicted octanol–water partition coefficient (Wildman–Crippen LogP) is 1.25. The average Bonchev–Trinajstić information content (AvgIpc) is 2.60. The molecule has 2 atom stereocenters. The number of rotatable bonds is 2. The first-order valence-electron chi connectivity index (χ1n) is 4.85. The van der Waals surface area contributed by atoms with E-state index < -0.39 is 17.8 Å². The minimum absolute atomic E-state index is 0.343. The number of amides is 1. The van der Waals surface area contributed by atoms with Crippen molar-refractivity contribution in [3.05, 3.63) is 34.9 Å². The molecule has 4 nitrogen and oxygen atoms in total. The van der Waals surface area contributed by atoms with Gasteiger partial charge in [-0.1, -0.05) is 23.7 Å². The number of carboxylic acids is 1. The lowest BCUT2D eigenvalue weighted by Gasteiger charge is -2.13. The third kappa shape index (κ3) is 1.88. The summed E-state index contributed by atoms with van der Waals surface area (Å²) in [5.41, 5.74) is 0.776. The van der Waals surface area contributed by atoms with Crippen LogP contribution in [-0.2, 0) is 9.59 Å². The van der Waals surface area contributed by atoms with E-state index in [4.69, 9.17) is 16.7 Å². The van der Waals surface area contributed by atoms with Crippen LogP contribution >= 0.6 is 11.6 Å². The van der Waals surface area contributed by atoms with Gasteiger partial charge in [0.2, 0.25) is 5.91 Å². The maximum atomic E-state index is 11.4. The molecule has 16 heavy (non-hydrogen) atoms. The lowest BCUT2D eigenvalue weighted by molar-refractivity contribution is -0.145. The Morgan fingerprint density at radius 2 is 2.25 bits per heavy atom. The topological polar surface area (TPSA) is 66.4 Å². The van der Waals surface area contributed by atoms with Crippen LogP contribution in [0.5, 0.6) is 0 Å². The fourth-order valence-electron chi connectivity index (χ4n) is 1.95. The Morgan fingerprint density at radius 3 is 2.88 bits per heavy atom. The summed E-state index contributed by atoms with van der Waals surface area (Å²) in [5.74, 6) is -2.89. The second-order valence-electron chi connectivity index (χ2n) is 3.72. The van der Waals surface area contributed by atoms with E-state index in [9.17, 15) is 9.59 Å². The Balaban J connectivity index is 2.34. The quantitative estimate of drug-likeness (QED) is 0.764. The van der Waals surface area contributed by atoms with E-state index in [1.165, 1.54) is 0 Å². The van der Waals surface area contributed by atoms with Crippen LogP contribution in [0.1, 0.15) is 11.5 Å². The van der Waals surface area contributed by atoms with Gasteiger partial charge in [-0.05, 0) is 17.7 Å². The fraction of sp³-hybridized carbons (Fsp3) is 0.273. The first kappa shape index (κ1) is 11.0. The lowest BCUT2D eigenvalue weighted by atomic mass is 9.89. The number of halogens is 1. The van der Waals surface area contributed by atoms with Crippen molar-refractivity contribution in [2.24, 2.45) is 5.92 Å². The van der Waals surface area contributed by atoms with Crippen molar-refractivity contribution in [2.45, 2.75) is 5.92 Å². The van der Waals surface area contributed by atoms with Crippen LogP contribution in [0.3, 0.4) is 0 Å². The molecule has 0 radical (unpaired) electrons. The highest BCUT2D eigenvalue weighted by Crippen LogP contribution is 2.30. The third-order valence-electron chi connectivity index (χ3n) is 2.72. The van der Waals surface area contributed by atoms with Crippen molar-refractivity contribution in [3.63, 3.8) is 0 Å². The zero-order chi connectivity index (χ0) is 11.7. The highest BCUT2D eigenvalue weighted by atomic mass is 35.5. The molecular weight excluding hydrogens is 230 g/mol. The maximum Gasteiger partial charge on any atom is 0.316 e. The van der Waals surface area contributed by atoms with Gasteiger partial charge >= 0.3 is 5.97 Å². The molecule has 2 unspecified atom stereocenters. The molecule has 0 spiro atoms. The number of nitrogens with one attached hydrogen (secondary N) is 1. The Hall–Kier alpha value is -1.55. The second kappa shape index (κ2) is 4.14. The molecule has 0 aliphatic carbocycles. The molecular formula is C11H10ClNO3. The van der Waals surface area contributed by atoms with Gasteiger partial charge in [0.1, 0.15) is 5.92 Å². The predicted molar refractivity (Wildman–Crippen MR) is 58.3 cm³/mol. The van der Waals surface area contributed by atoms with Crippen LogP contribution in [-0.4, -0.2) is 23.5 Å². The SMILES string of the molecule is O=C(O)C1C(=O)NCC1c1cccc(Cl)c1. The van der Waals surface area contributed by atoms with Gasteiger partial charge < -0.3 is 10.4 Å². The van der Waals surface area contributed by atoms with Crippen LogP contribution in [0.2, 0.25) is 5.02 Å². The number of carbonyl (C=O) groups excluding carboxylic acids is 1. The maximum absolute atomic E-state index is 11.4. The molecule has 1 heterocycles. The zero-order valence-corrected chi connectivity index (χ0v) is 9.07. The van der Waals surface area contributed by atoms with E-state index in [-0.39, 0.29) is 5.92 Å². The van der Waals surface area contributed by atoms with Crippen LogP contribution in [0.15, 0.2) is 24.3 Å². The van der Waals surface area contributed by atoms with Crippen molar-refractivity contribution < 1.29 is 14.7 Å². The molecule has 1 aromatic rings. The van der Waals surface area contributed by atoms with Gasteiger partial charge in [-0.15, -0.1) is 0 Å². The largest absolute Gasteiger partial charge is 0.481 e. The molecule has 5 heteroatoms. The molecule has 2 rings (SSSR count). The average molecular weight is 240 g/mol. The summed E-state index contributed by atoms with van der Waals surface area (Å²) in [5, 5.41) is 12.1. The van der Waals surface area contributed by atoms with E-state index in [2.05, 4.69) is 5.32 Å². The molecule has 1 fully saturated rings. The molecule has 0 aromatic heterocycles. The monoisotopic (exact) mass is 239 g/mol. The van der Waals surface area contributed by atoms with E-state index in [1.54, 1.807) is 24.3 Å². The summed E-state index contributed by atoms with van der Waals surface area (Å²) >= 11 is 5.83. The van der Waals surface area contributed by atoms with E-state index in [0.717, 1.165) is 5.56 Å². The van der Waals surface area contributed by atoms with E-state index in [0.29, 0.717) is 11.6 Å². The van der Waals surface area contributed by atoms with Gasteiger partial charge in [0.05, 0.1) is 0 Å². The summed E-state index contributed by atoms with van der Waals surface area (Å²) in [6.07, 6.45) is 0. The van der Waals surface area contributed by atoms with Crippen molar-refractivity contribution >= 4 is 23.5 Å². The summed E-state index contributed by atoms with van der Waals surface area (Å²) in [6.45, 7) is 0.343. The normalized spacial score (nSPS) is 24.2. The molecule has 2 N–H and O–H groups in total. The number of aliphatic carboxylic acids is 1. The van der Waals surface area contributed by atoms with Crippen LogP contribution in [0.4, 0.5) is 0 Å². The second-order valence-corrected chi connectivity index (χ2v) is 4.16. The van der Waals surface area contributed by atoms with Crippen molar-refractivity contribution in [3.8, 4) is 0 Å². The molecule has 1 saturated heterocycles. The van der Waals surface area contributed by atoms with Crippen LogP contribution in [0.25, 0.3) is 0 Å². The number of carboxylic acid groups (broad SMARTS) is 1. The van der Waals surface area contributed by atoms with Gasteiger partial charge in [0.25, 0.3) is 0 Å². The summed E-state index contributed by atoms with van der Waals surface area (Å²) in [6, 6.07) is 6.94. The number of carbonyl (C=O) groups is 2. The van der Waals surface area contributed by atoms with Gasteiger partial charge in [-0.2, -0.15) is 0 Å². The molecule has 1 aliphatic heterocycles. The van der Waals surface area contributed by atoms with Crippen LogP contribution < -0.4 is 5.32 Å². The smallest absolute Gasteiger partial charge is 0.316 e. The van der Waals surface area contributed by atoms with E-state index >= 15 is 0 Å². The van der Waals surface area contributed by atoms with Crippen LogP contribution in [0, 0.1) is 5.92 Å². The minimum atomic E-state index is -1.10. The summed E-state index contributed by atoms with van der Waals surface area (Å²) < 4.78 is 0. The Labute approximate surface area is 97.2 Å². The lowest BCUT2D eigenvalue weighted by Crippen LogP contribution is -2.26. The van der Waals surface area contributed by atoms with Gasteiger partial charge in [0.15, 0.2) is 0 Å². The fourth-order valence-corrected chi connectivity index (χ4v) is 2.15. The van der Waals surface area contributed by atoms with Crippen molar-refractivity contribution in [1.29, 1.82) is 0 Å². The Kier molecular flexibility index (Phi) is 2.83. The first-order valence-corrected chi connectivity index (χ1v) is 5.23. The highest BCUT2D eigenvalue weighted by Gasteiger charge is 2.41. The molecule has 84 valence electrons. The Morgan fingerprint density at radius 1 is 1.50 bits per heavy atom. The first-order chi connectivity index (χ1) is 7.59. The summed E-state index contributed by atoms with van der Waals surface area (Å²) in [4.78, 5) is 22.3. The minimum Gasteiger partial charge on any atom is -0.481 e. The van der Waals surface area contributed by atoms with E-state index in [1.807, 2.05) is 0 Å². The number of hydrogen-bond acceptors (Lipinski definition) is 2. The van der Waals surface area contributed by atoms with Gasteiger partial charge in [-0.3, -0.25) is 9.59 Å². The number of hydrogen-bond donors (Lipinski definition) is 2. The highest BCUT2D eigenvalue weighted by molar-refractivity contribution is 6.30. The molecule has 1 aromatic carbocycles. The zero-order valence-electron chi connectivity index (χ0n) is 8.31.